The number of rotatable bonds is 2. The highest BCUT2D eigenvalue weighted by Crippen LogP contribution is 2.34. The Balaban J connectivity index is 2.97. The van der Waals surface area contributed by atoms with Crippen molar-refractivity contribution in [3.05, 3.63) is 10.4 Å². The predicted octanol–water partition coefficient (Wildman–Crippen LogP) is -1.65. The van der Waals surface area contributed by atoms with Gasteiger partial charge in [0.05, 0.1) is 6.61 Å². The zero-order chi connectivity index (χ0) is 11.6. The summed E-state index contributed by atoms with van der Waals surface area (Å²) in [5, 5.41) is 38.1. The molecule has 0 bridgehead atoms. The van der Waals surface area contributed by atoms with Gasteiger partial charge in [-0.3, -0.25) is 0 Å². The minimum Gasteiger partial charge on any atom is -0.394 e. The van der Waals surface area contributed by atoms with Crippen LogP contribution in [-0.4, -0.2) is 56.5 Å². The summed E-state index contributed by atoms with van der Waals surface area (Å²) in [5.74, 6) is 0. The van der Waals surface area contributed by atoms with Crippen molar-refractivity contribution < 1.29 is 25.2 Å². The van der Waals surface area contributed by atoms with Gasteiger partial charge in [-0.1, -0.05) is 0 Å². The average Bonchev–Trinajstić information content (AvgIpc) is 2.21. The Hall–Kier alpha value is -0.540. The molecule has 1 saturated heterocycles. The number of aliphatic hydroxyl groups is 4. The Morgan fingerprint density at radius 3 is 2.47 bits per heavy atom. The molecule has 1 heterocycles. The number of nitrogens with zero attached hydrogens (tertiary/aromatic N) is 3. The van der Waals surface area contributed by atoms with Gasteiger partial charge in [-0.25, -0.2) is 0 Å². The zero-order valence-electron chi connectivity index (χ0n) is 7.50. The largest absolute Gasteiger partial charge is 0.394 e. The van der Waals surface area contributed by atoms with E-state index in [1.54, 1.807) is 0 Å². The van der Waals surface area contributed by atoms with Crippen LogP contribution in [0.2, 0.25) is 0 Å². The molecule has 1 rings (SSSR count). The van der Waals surface area contributed by atoms with Crippen molar-refractivity contribution in [3.8, 4) is 0 Å². The molecular formula is C6H11N3O5S. The number of thiol groups is 1. The Morgan fingerprint density at radius 2 is 2.00 bits per heavy atom. The van der Waals surface area contributed by atoms with Crippen LogP contribution < -0.4 is 0 Å². The molecule has 1 aliphatic heterocycles. The second kappa shape index (κ2) is 4.54. The van der Waals surface area contributed by atoms with Crippen LogP contribution in [0.15, 0.2) is 5.11 Å². The van der Waals surface area contributed by atoms with Crippen LogP contribution in [0.4, 0.5) is 0 Å². The highest BCUT2D eigenvalue weighted by atomic mass is 32.1. The van der Waals surface area contributed by atoms with E-state index in [0.717, 1.165) is 0 Å². The SMILES string of the molecule is [N-]=[N+]=NC1(S)O[C@H](CO)[C@H](O)[C@H](O)[C@H]1O. The van der Waals surface area contributed by atoms with Crippen molar-refractivity contribution in [2.75, 3.05) is 6.61 Å². The van der Waals surface area contributed by atoms with Crippen molar-refractivity contribution >= 4 is 12.6 Å². The van der Waals surface area contributed by atoms with Crippen molar-refractivity contribution in [2.45, 2.75) is 29.5 Å². The fourth-order valence-electron chi connectivity index (χ4n) is 1.28. The van der Waals surface area contributed by atoms with Gasteiger partial charge in [-0.2, -0.15) is 0 Å². The average molecular weight is 237 g/mol. The van der Waals surface area contributed by atoms with Crippen LogP contribution in [0.1, 0.15) is 0 Å². The van der Waals surface area contributed by atoms with E-state index in [9.17, 15) is 15.3 Å². The topological polar surface area (TPSA) is 139 Å². The first-order chi connectivity index (χ1) is 6.96. The summed E-state index contributed by atoms with van der Waals surface area (Å²) in [6, 6.07) is 0. The second-order valence-electron chi connectivity index (χ2n) is 3.11. The van der Waals surface area contributed by atoms with Gasteiger partial charge in [0.1, 0.15) is 24.4 Å². The smallest absolute Gasteiger partial charge is 0.218 e. The summed E-state index contributed by atoms with van der Waals surface area (Å²) in [4.78, 5) is 2.40. The van der Waals surface area contributed by atoms with Crippen LogP contribution in [0.5, 0.6) is 0 Å². The molecule has 8 nitrogen and oxygen atoms in total. The maximum absolute atomic E-state index is 9.45. The molecule has 1 fully saturated rings. The lowest BCUT2D eigenvalue weighted by atomic mass is 9.98. The summed E-state index contributed by atoms with van der Waals surface area (Å²) in [5.41, 5.74) is 8.22. The summed E-state index contributed by atoms with van der Waals surface area (Å²) >= 11 is 3.76. The van der Waals surface area contributed by atoms with Crippen LogP contribution in [0.25, 0.3) is 10.4 Å². The minimum absolute atomic E-state index is 0.603. The lowest BCUT2D eigenvalue weighted by Gasteiger charge is -2.43. The van der Waals surface area contributed by atoms with Crippen LogP contribution in [-0.2, 0) is 4.74 Å². The molecule has 9 heteroatoms. The second-order valence-corrected chi connectivity index (χ2v) is 3.75. The summed E-state index contributed by atoms with van der Waals surface area (Å²) < 4.78 is 4.89. The van der Waals surface area contributed by atoms with Crippen LogP contribution in [0.3, 0.4) is 0 Å². The summed E-state index contributed by atoms with van der Waals surface area (Å²) in [6.45, 7) is -0.603. The highest BCUT2D eigenvalue weighted by molar-refractivity contribution is 7.81. The molecule has 0 aromatic rings. The Kier molecular flexibility index (Phi) is 3.79. The molecule has 15 heavy (non-hydrogen) atoms. The van der Waals surface area contributed by atoms with E-state index in [0.29, 0.717) is 0 Å². The lowest BCUT2D eigenvalue weighted by molar-refractivity contribution is -0.239. The molecule has 0 spiro atoms. The zero-order valence-corrected chi connectivity index (χ0v) is 8.40. The van der Waals surface area contributed by atoms with Gasteiger partial charge in [0.25, 0.3) is 0 Å². The lowest BCUT2D eigenvalue weighted by Crippen LogP contribution is -2.62. The number of hydrogen-bond acceptors (Lipinski definition) is 7. The molecule has 0 saturated carbocycles. The maximum atomic E-state index is 9.45. The summed E-state index contributed by atoms with van der Waals surface area (Å²) in [7, 11) is 0. The van der Waals surface area contributed by atoms with Gasteiger partial charge in [0, 0.05) is 4.91 Å². The van der Waals surface area contributed by atoms with Crippen molar-refractivity contribution in [3.63, 3.8) is 0 Å². The first kappa shape index (κ1) is 12.5. The Morgan fingerprint density at radius 1 is 1.40 bits per heavy atom. The van der Waals surface area contributed by atoms with Gasteiger partial charge in [0.2, 0.25) is 5.06 Å². The molecule has 0 radical (unpaired) electrons. The normalized spacial score (nSPS) is 45.9. The number of azide groups is 1. The highest BCUT2D eigenvalue weighted by Gasteiger charge is 2.51. The summed E-state index contributed by atoms with van der Waals surface area (Å²) in [6.07, 6.45) is -5.95. The van der Waals surface area contributed by atoms with Crippen LogP contribution >= 0.6 is 12.6 Å². The number of ether oxygens (including phenoxy) is 1. The van der Waals surface area contributed by atoms with Gasteiger partial charge >= 0.3 is 0 Å². The molecule has 0 aromatic carbocycles. The molecule has 1 aliphatic rings. The third kappa shape index (κ3) is 2.18. The van der Waals surface area contributed by atoms with Gasteiger partial charge < -0.3 is 25.2 Å². The predicted molar refractivity (Wildman–Crippen MR) is 50.8 cm³/mol. The molecule has 4 N–H and O–H groups in total. The van der Waals surface area contributed by atoms with Crippen molar-refractivity contribution in [2.24, 2.45) is 5.11 Å². The molecular weight excluding hydrogens is 226 g/mol. The Labute approximate surface area is 90.1 Å². The monoisotopic (exact) mass is 237 g/mol. The van der Waals surface area contributed by atoms with Crippen LogP contribution in [0, 0.1) is 0 Å². The van der Waals surface area contributed by atoms with Gasteiger partial charge in [0.15, 0.2) is 0 Å². The fourth-order valence-corrected chi connectivity index (χ4v) is 1.61. The minimum atomic E-state index is -2.00. The first-order valence-electron chi connectivity index (χ1n) is 4.07. The maximum Gasteiger partial charge on any atom is 0.218 e. The van der Waals surface area contributed by atoms with E-state index in [1.165, 1.54) is 0 Å². The molecule has 86 valence electrons. The number of hydrogen-bond donors (Lipinski definition) is 5. The molecule has 5 atom stereocenters. The van der Waals surface area contributed by atoms with Crippen molar-refractivity contribution in [1.29, 1.82) is 0 Å². The third-order valence-electron chi connectivity index (χ3n) is 2.13. The van der Waals surface area contributed by atoms with E-state index in [-0.39, 0.29) is 0 Å². The quantitative estimate of drug-likeness (QED) is 0.169. The first-order valence-corrected chi connectivity index (χ1v) is 4.52. The van der Waals surface area contributed by atoms with E-state index < -0.39 is 36.1 Å². The number of aliphatic hydroxyl groups excluding tert-OH is 4. The van der Waals surface area contributed by atoms with Crippen molar-refractivity contribution in [1.82, 2.24) is 0 Å². The molecule has 1 unspecified atom stereocenters. The molecule has 0 aromatic heterocycles. The van der Waals surface area contributed by atoms with E-state index in [1.807, 2.05) is 0 Å². The van der Waals surface area contributed by atoms with E-state index in [4.69, 9.17) is 15.4 Å². The van der Waals surface area contributed by atoms with E-state index in [2.05, 4.69) is 22.7 Å². The molecule has 0 aliphatic carbocycles. The fraction of sp³-hybridized carbons (Fsp3) is 1.00. The standard InChI is InChI=1S/C6H11N3O5S/c7-9-8-6(15)5(13)4(12)3(11)2(1-10)14-6/h2-5,10-13,15H,1H2/t2-,3+,4+,5-,6?/m1/s1. The van der Waals surface area contributed by atoms with Gasteiger partial charge in [-0.15, -0.1) is 12.6 Å². The molecule has 0 amide bonds. The Bertz CT molecular complexity index is 284. The van der Waals surface area contributed by atoms with E-state index >= 15 is 0 Å². The van der Waals surface area contributed by atoms with Gasteiger partial charge in [-0.05, 0) is 10.6 Å². The third-order valence-corrected chi connectivity index (χ3v) is 2.59.